The van der Waals surface area contributed by atoms with Crippen LogP contribution in [0.25, 0.3) is 0 Å². The molecule has 21 heavy (non-hydrogen) atoms. The van der Waals surface area contributed by atoms with E-state index < -0.39 is 24.1 Å². The van der Waals surface area contributed by atoms with Crippen LogP contribution in [0.5, 0.6) is 0 Å². The maximum Gasteiger partial charge on any atom is 0.337 e. The highest BCUT2D eigenvalue weighted by Crippen LogP contribution is 2.20. The third-order valence-electron chi connectivity index (χ3n) is 2.69. The van der Waals surface area contributed by atoms with Crippen molar-refractivity contribution in [3.63, 3.8) is 0 Å². The SMILES string of the molecule is COC(=O)C(O)C(O)c1ccc(NC(=O)CC(C)=O)cc1. The summed E-state index contributed by atoms with van der Waals surface area (Å²) in [5.74, 6) is -1.63. The minimum Gasteiger partial charge on any atom is -0.467 e. The summed E-state index contributed by atoms with van der Waals surface area (Å²) in [5, 5.41) is 21.8. The van der Waals surface area contributed by atoms with E-state index in [1.54, 1.807) is 0 Å². The van der Waals surface area contributed by atoms with Crippen molar-refractivity contribution in [3.8, 4) is 0 Å². The van der Waals surface area contributed by atoms with Crippen LogP contribution in [0.15, 0.2) is 24.3 Å². The lowest BCUT2D eigenvalue weighted by molar-refractivity contribution is -0.156. The molecular formula is C14H17NO6. The van der Waals surface area contributed by atoms with Gasteiger partial charge in [-0.15, -0.1) is 0 Å². The Morgan fingerprint density at radius 1 is 1.19 bits per heavy atom. The molecular weight excluding hydrogens is 278 g/mol. The lowest BCUT2D eigenvalue weighted by Crippen LogP contribution is -2.29. The van der Waals surface area contributed by atoms with Crippen molar-refractivity contribution in [2.45, 2.75) is 25.6 Å². The van der Waals surface area contributed by atoms with Crippen molar-refractivity contribution < 1.29 is 29.3 Å². The second-order valence-corrected chi connectivity index (χ2v) is 4.46. The number of esters is 1. The first-order chi connectivity index (χ1) is 9.85. The number of methoxy groups -OCH3 is 1. The van der Waals surface area contributed by atoms with Gasteiger partial charge in [0.25, 0.3) is 0 Å². The van der Waals surface area contributed by atoms with E-state index in [4.69, 9.17) is 0 Å². The number of carbonyl (C=O) groups is 3. The molecule has 7 nitrogen and oxygen atoms in total. The number of rotatable bonds is 6. The van der Waals surface area contributed by atoms with E-state index >= 15 is 0 Å². The summed E-state index contributed by atoms with van der Waals surface area (Å²) >= 11 is 0. The second-order valence-electron chi connectivity index (χ2n) is 4.46. The minimum absolute atomic E-state index is 0.217. The first-order valence-corrected chi connectivity index (χ1v) is 6.18. The Bertz CT molecular complexity index is 525. The molecule has 0 aromatic heterocycles. The highest BCUT2D eigenvalue weighted by Gasteiger charge is 2.26. The van der Waals surface area contributed by atoms with Crippen molar-refractivity contribution in [1.82, 2.24) is 0 Å². The summed E-state index contributed by atoms with van der Waals surface area (Å²) in [6.45, 7) is 1.31. The molecule has 0 bridgehead atoms. The van der Waals surface area contributed by atoms with E-state index in [1.807, 2.05) is 0 Å². The van der Waals surface area contributed by atoms with Crippen LogP contribution in [0, 0.1) is 0 Å². The Hall–Kier alpha value is -2.25. The lowest BCUT2D eigenvalue weighted by Gasteiger charge is -2.16. The minimum atomic E-state index is -1.69. The molecule has 0 aliphatic heterocycles. The third-order valence-corrected chi connectivity index (χ3v) is 2.69. The number of aliphatic hydroxyl groups excluding tert-OH is 2. The van der Waals surface area contributed by atoms with E-state index in [-0.39, 0.29) is 17.8 Å². The van der Waals surface area contributed by atoms with Crippen molar-refractivity contribution in [2.24, 2.45) is 0 Å². The molecule has 0 heterocycles. The molecule has 0 saturated carbocycles. The molecule has 1 aromatic carbocycles. The molecule has 2 unspecified atom stereocenters. The number of carbonyl (C=O) groups excluding carboxylic acids is 3. The van der Waals surface area contributed by atoms with Crippen molar-refractivity contribution in [1.29, 1.82) is 0 Å². The summed E-state index contributed by atoms with van der Waals surface area (Å²) in [6, 6.07) is 5.86. The number of ether oxygens (including phenoxy) is 1. The monoisotopic (exact) mass is 295 g/mol. The molecule has 2 atom stereocenters. The summed E-state index contributed by atoms with van der Waals surface area (Å²) in [4.78, 5) is 33.3. The highest BCUT2D eigenvalue weighted by atomic mass is 16.5. The van der Waals surface area contributed by atoms with Crippen LogP contribution in [-0.4, -0.2) is 41.1 Å². The van der Waals surface area contributed by atoms with Gasteiger partial charge in [0.1, 0.15) is 11.9 Å². The number of anilines is 1. The fourth-order valence-electron chi connectivity index (χ4n) is 1.63. The lowest BCUT2D eigenvalue weighted by atomic mass is 10.0. The van der Waals surface area contributed by atoms with Crippen molar-refractivity contribution in [2.75, 3.05) is 12.4 Å². The van der Waals surface area contributed by atoms with Gasteiger partial charge in [0.2, 0.25) is 5.91 Å². The van der Waals surface area contributed by atoms with Gasteiger partial charge >= 0.3 is 5.97 Å². The Balaban J connectivity index is 2.71. The quantitative estimate of drug-likeness (QED) is 0.509. The van der Waals surface area contributed by atoms with E-state index in [0.29, 0.717) is 5.69 Å². The Morgan fingerprint density at radius 3 is 2.24 bits per heavy atom. The zero-order chi connectivity index (χ0) is 16.0. The molecule has 7 heteroatoms. The van der Waals surface area contributed by atoms with Gasteiger partial charge in [-0.3, -0.25) is 9.59 Å². The summed E-state index contributed by atoms with van der Waals surface area (Å²) in [5.41, 5.74) is 0.724. The first-order valence-electron chi connectivity index (χ1n) is 6.18. The van der Waals surface area contributed by atoms with Crippen LogP contribution in [0.3, 0.4) is 0 Å². The molecule has 1 aromatic rings. The van der Waals surface area contributed by atoms with Gasteiger partial charge in [-0.05, 0) is 24.6 Å². The average Bonchev–Trinajstić information content (AvgIpc) is 2.44. The maximum atomic E-state index is 11.4. The number of amides is 1. The Kier molecular flexibility index (Phi) is 6.01. The van der Waals surface area contributed by atoms with Gasteiger partial charge < -0.3 is 20.3 Å². The summed E-state index contributed by atoms with van der Waals surface area (Å²) in [6.07, 6.45) is -3.33. The number of hydrogen-bond donors (Lipinski definition) is 3. The van der Waals surface area contributed by atoms with Crippen LogP contribution < -0.4 is 5.32 Å². The number of hydrogen-bond acceptors (Lipinski definition) is 6. The molecule has 0 spiro atoms. The molecule has 0 fully saturated rings. The molecule has 3 N–H and O–H groups in total. The molecule has 1 rings (SSSR count). The number of ketones is 1. The molecule has 0 aliphatic carbocycles. The molecule has 114 valence electrons. The van der Waals surface area contributed by atoms with Crippen LogP contribution in [0.2, 0.25) is 0 Å². The van der Waals surface area contributed by atoms with Gasteiger partial charge in [-0.25, -0.2) is 4.79 Å². The summed E-state index contributed by atoms with van der Waals surface area (Å²) < 4.78 is 4.33. The summed E-state index contributed by atoms with van der Waals surface area (Å²) in [7, 11) is 1.10. The molecule has 0 aliphatic rings. The number of Topliss-reactive ketones (excluding diaryl/α,β-unsaturated/α-hetero) is 1. The van der Waals surface area contributed by atoms with E-state index in [9.17, 15) is 24.6 Å². The smallest absolute Gasteiger partial charge is 0.337 e. The van der Waals surface area contributed by atoms with Gasteiger partial charge in [0, 0.05) is 5.69 Å². The number of aliphatic hydroxyl groups is 2. The maximum absolute atomic E-state index is 11.4. The zero-order valence-electron chi connectivity index (χ0n) is 11.7. The van der Waals surface area contributed by atoms with E-state index in [2.05, 4.69) is 10.1 Å². The van der Waals surface area contributed by atoms with Crippen LogP contribution in [0.4, 0.5) is 5.69 Å². The van der Waals surface area contributed by atoms with Crippen molar-refractivity contribution >= 4 is 23.3 Å². The van der Waals surface area contributed by atoms with E-state index in [1.165, 1.54) is 31.2 Å². The second kappa shape index (κ2) is 7.51. The average molecular weight is 295 g/mol. The fraction of sp³-hybridized carbons (Fsp3) is 0.357. The first kappa shape index (κ1) is 16.8. The standard InChI is InChI=1S/C14H17NO6/c1-8(16)7-11(17)15-10-5-3-9(4-6-10)12(18)13(19)14(20)21-2/h3-6,12-13,18-19H,7H2,1-2H3,(H,15,17). The predicted octanol–water partition coefficient (Wildman–Crippen LogP) is 0.171. The van der Waals surface area contributed by atoms with Gasteiger partial charge in [0.05, 0.1) is 13.5 Å². The normalized spacial score (nSPS) is 13.1. The van der Waals surface area contributed by atoms with Crippen LogP contribution in [-0.2, 0) is 19.1 Å². The predicted molar refractivity (Wildman–Crippen MR) is 73.4 cm³/mol. The van der Waals surface area contributed by atoms with Crippen molar-refractivity contribution in [3.05, 3.63) is 29.8 Å². The Morgan fingerprint density at radius 2 is 1.76 bits per heavy atom. The Labute approximate surface area is 121 Å². The molecule has 0 saturated heterocycles. The zero-order valence-corrected chi connectivity index (χ0v) is 11.7. The van der Waals surface area contributed by atoms with Crippen LogP contribution >= 0.6 is 0 Å². The number of benzene rings is 1. The van der Waals surface area contributed by atoms with Crippen LogP contribution in [0.1, 0.15) is 25.0 Å². The van der Waals surface area contributed by atoms with E-state index in [0.717, 1.165) is 7.11 Å². The number of nitrogens with one attached hydrogen (secondary N) is 1. The molecule has 0 radical (unpaired) electrons. The third kappa shape index (κ3) is 4.97. The van der Waals surface area contributed by atoms with Gasteiger partial charge in [-0.2, -0.15) is 0 Å². The largest absolute Gasteiger partial charge is 0.467 e. The molecule has 1 amide bonds. The topological polar surface area (TPSA) is 113 Å². The highest BCUT2D eigenvalue weighted by molar-refractivity contribution is 6.03. The van der Waals surface area contributed by atoms with Gasteiger partial charge in [-0.1, -0.05) is 12.1 Å². The fourth-order valence-corrected chi connectivity index (χ4v) is 1.63. The van der Waals surface area contributed by atoms with Gasteiger partial charge in [0.15, 0.2) is 6.10 Å².